The summed E-state index contributed by atoms with van der Waals surface area (Å²) >= 11 is 0. The number of allylic oxidation sites excluding steroid dienone is 2. The van der Waals surface area contributed by atoms with Crippen LogP contribution in [0.15, 0.2) is 12.2 Å². The lowest BCUT2D eigenvalue weighted by molar-refractivity contribution is -0.140. The molecule has 2 fully saturated rings. The Kier molecular flexibility index (Phi) is 5.77. The molecule has 1 saturated heterocycles. The molecular weight excluding hydrogens is 338 g/mol. The fourth-order valence-electron chi connectivity index (χ4n) is 4.64. The van der Waals surface area contributed by atoms with Crippen LogP contribution in [0.2, 0.25) is 6.04 Å². The van der Waals surface area contributed by atoms with Gasteiger partial charge in [0.25, 0.3) is 0 Å². The Morgan fingerprint density at radius 3 is 1.88 bits per heavy atom. The summed E-state index contributed by atoms with van der Waals surface area (Å²) in [4.78, 5) is 26.9. The van der Waals surface area contributed by atoms with Gasteiger partial charge in [-0.15, -0.1) is 0 Å². The van der Waals surface area contributed by atoms with Crippen LogP contribution in [-0.2, 0) is 22.9 Å². The molecule has 140 valence electrons. The van der Waals surface area contributed by atoms with Gasteiger partial charge in [-0.05, 0) is 45.4 Å². The summed E-state index contributed by atoms with van der Waals surface area (Å²) in [6.45, 7) is 7.82. The molecule has 3 rings (SSSR count). The molecular formula is C18H29NO5Si. The topological polar surface area (TPSA) is 65.1 Å². The van der Waals surface area contributed by atoms with Crippen molar-refractivity contribution in [1.29, 1.82) is 0 Å². The number of hydrogen-bond acceptors (Lipinski definition) is 5. The number of nitrogens with zero attached hydrogens (tertiary/aromatic N) is 1. The second-order valence-corrected chi connectivity index (χ2v) is 9.65. The zero-order valence-corrected chi connectivity index (χ0v) is 16.4. The van der Waals surface area contributed by atoms with Gasteiger partial charge in [0.05, 0.1) is 11.8 Å². The maximum atomic E-state index is 12.7. The Bertz CT molecular complexity index is 505. The smallest absolute Gasteiger partial charge is 0.374 e. The van der Waals surface area contributed by atoms with Crippen LogP contribution in [0.25, 0.3) is 0 Å². The first-order valence-corrected chi connectivity index (χ1v) is 11.5. The average Bonchev–Trinajstić information content (AvgIpc) is 3.25. The molecule has 2 aliphatic carbocycles. The van der Waals surface area contributed by atoms with Gasteiger partial charge in [-0.2, -0.15) is 0 Å². The van der Waals surface area contributed by atoms with Crippen LogP contribution >= 0.6 is 0 Å². The van der Waals surface area contributed by atoms with Crippen LogP contribution in [0, 0.1) is 23.7 Å². The fourth-order valence-corrected chi connectivity index (χ4v) is 7.23. The van der Waals surface area contributed by atoms with Crippen molar-refractivity contribution >= 4 is 20.6 Å². The van der Waals surface area contributed by atoms with E-state index in [1.807, 2.05) is 20.8 Å². The highest BCUT2D eigenvalue weighted by Crippen LogP contribution is 2.52. The van der Waals surface area contributed by atoms with E-state index in [-0.39, 0.29) is 35.5 Å². The van der Waals surface area contributed by atoms with Crippen molar-refractivity contribution in [3.05, 3.63) is 12.2 Å². The van der Waals surface area contributed by atoms with E-state index in [2.05, 4.69) is 12.2 Å². The van der Waals surface area contributed by atoms with Crippen molar-refractivity contribution in [3.63, 3.8) is 0 Å². The summed E-state index contributed by atoms with van der Waals surface area (Å²) < 4.78 is 17.5. The van der Waals surface area contributed by atoms with Gasteiger partial charge in [-0.25, -0.2) is 0 Å². The third-order valence-electron chi connectivity index (χ3n) is 5.52. The Morgan fingerprint density at radius 2 is 1.44 bits per heavy atom. The molecule has 1 saturated carbocycles. The second kappa shape index (κ2) is 7.69. The zero-order valence-electron chi connectivity index (χ0n) is 15.4. The number of rotatable bonds is 10. The monoisotopic (exact) mass is 367 g/mol. The molecule has 3 aliphatic rings. The van der Waals surface area contributed by atoms with Crippen molar-refractivity contribution in [2.45, 2.75) is 39.7 Å². The lowest BCUT2D eigenvalue weighted by atomic mass is 9.85. The highest BCUT2D eigenvalue weighted by atomic mass is 28.4. The molecule has 0 spiro atoms. The molecule has 6 nitrogen and oxygen atoms in total. The van der Waals surface area contributed by atoms with Crippen LogP contribution in [-0.4, -0.2) is 51.9 Å². The van der Waals surface area contributed by atoms with E-state index in [1.165, 1.54) is 4.90 Å². The molecule has 4 unspecified atom stereocenters. The molecule has 0 radical (unpaired) electrons. The average molecular weight is 368 g/mol. The minimum absolute atomic E-state index is 0.0170. The molecule has 1 heterocycles. The normalized spacial score (nSPS) is 30.6. The van der Waals surface area contributed by atoms with Crippen LogP contribution < -0.4 is 0 Å². The Hall–Kier alpha value is -1.02. The summed E-state index contributed by atoms with van der Waals surface area (Å²) in [6.07, 6.45) is 5.87. The minimum atomic E-state index is -2.72. The van der Waals surface area contributed by atoms with Gasteiger partial charge in [0, 0.05) is 32.4 Å². The lowest BCUT2D eigenvalue weighted by Crippen LogP contribution is -2.46. The second-order valence-electron chi connectivity index (χ2n) is 6.91. The molecule has 4 atom stereocenters. The van der Waals surface area contributed by atoms with Crippen molar-refractivity contribution in [1.82, 2.24) is 4.90 Å². The fraction of sp³-hybridized carbons (Fsp3) is 0.778. The number of amides is 2. The van der Waals surface area contributed by atoms with Crippen molar-refractivity contribution in [2.24, 2.45) is 23.7 Å². The first kappa shape index (κ1) is 18.8. The van der Waals surface area contributed by atoms with Gasteiger partial charge in [0.1, 0.15) is 0 Å². The first-order chi connectivity index (χ1) is 12.1. The third kappa shape index (κ3) is 3.35. The van der Waals surface area contributed by atoms with Gasteiger partial charge in [-0.3, -0.25) is 14.5 Å². The Labute approximate surface area is 150 Å². The van der Waals surface area contributed by atoms with E-state index >= 15 is 0 Å². The van der Waals surface area contributed by atoms with Crippen LogP contribution in [0.3, 0.4) is 0 Å². The SMILES string of the molecule is CCO[Si](CCCN1C(=O)C2C3C=CC(C3)C2C1=O)(OCC)OCC. The summed E-state index contributed by atoms with van der Waals surface area (Å²) in [5.74, 6) is 0.331. The van der Waals surface area contributed by atoms with Gasteiger partial charge in [0.2, 0.25) is 11.8 Å². The lowest BCUT2D eigenvalue weighted by Gasteiger charge is -2.29. The van der Waals surface area contributed by atoms with Gasteiger partial charge in [-0.1, -0.05) is 12.2 Å². The molecule has 0 aromatic carbocycles. The van der Waals surface area contributed by atoms with Crippen LogP contribution in [0.5, 0.6) is 0 Å². The van der Waals surface area contributed by atoms with E-state index in [1.54, 1.807) is 0 Å². The molecule has 2 bridgehead atoms. The third-order valence-corrected chi connectivity index (χ3v) is 8.67. The molecule has 2 amide bonds. The summed E-state index contributed by atoms with van der Waals surface area (Å²) in [5.41, 5.74) is 0. The van der Waals surface area contributed by atoms with Crippen molar-refractivity contribution < 1.29 is 22.9 Å². The van der Waals surface area contributed by atoms with Crippen LogP contribution in [0.4, 0.5) is 0 Å². The first-order valence-electron chi connectivity index (χ1n) is 9.52. The standard InChI is InChI=1S/C18H29NO5Si/c1-4-22-25(23-5-2,24-6-3)11-7-10-19-17(20)15-13-8-9-14(12-13)16(15)18(19)21/h8-9,13-16H,4-7,10-12H2,1-3H3. The van der Waals surface area contributed by atoms with E-state index in [9.17, 15) is 9.59 Å². The zero-order chi connectivity index (χ0) is 18.0. The minimum Gasteiger partial charge on any atom is -0.374 e. The number of hydrogen-bond donors (Lipinski definition) is 0. The largest absolute Gasteiger partial charge is 0.500 e. The van der Waals surface area contributed by atoms with E-state index in [0.29, 0.717) is 38.8 Å². The van der Waals surface area contributed by atoms with E-state index in [4.69, 9.17) is 13.3 Å². The Morgan fingerprint density at radius 1 is 0.960 bits per heavy atom. The van der Waals surface area contributed by atoms with Gasteiger partial charge >= 0.3 is 8.80 Å². The molecule has 1 aliphatic heterocycles. The summed E-state index contributed by atoms with van der Waals surface area (Å²) in [5, 5.41) is 0. The van der Waals surface area contributed by atoms with E-state index < -0.39 is 8.80 Å². The van der Waals surface area contributed by atoms with Crippen molar-refractivity contribution in [3.8, 4) is 0 Å². The van der Waals surface area contributed by atoms with Crippen LogP contribution in [0.1, 0.15) is 33.6 Å². The van der Waals surface area contributed by atoms with E-state index in [0.717, 1.165) is 6.42 Å². The number of carbonyl (C=O) groups excluding carboxylic acids is 2. The summed E-state index contributed by atoms with van der Waals surface area (Å²) in [7, 11) is -2.72. The highest BCUT2D eigenvalue weighted by molar-refractivity contribution is 6.60. The molecule has 0 aromatic rings. The number of imide groups is 1. The highest BCUT2D eigenvalue weighted by Gasteiger charge is 2.59. The quantitative estimate of drug-likeness (QED) is 0.337. The maximum absolute atomic E-state index is 12.7. The van der Waals surface area contributed by atoms with Gasteiger partial charge in [0.15, 0.2) is 0 Å². The van der Waals surface area contributed by atoms with Crippen molar-refractivity contribution in [2.75, 3.05) is 26.4 Å². The molecule has 0 aromatic heterocycles. The number of carbonyl (C=O) groups is 2. The number of fused-ring (bicyclic) bond motifs is 5. The molecule has 7 heteroatoms. The predicted octanol–water partition coefficient (Wildman–Crippen LogP) is 2.23. The predicted molar refractivity (Wildman–Crippen MR) is 94.5 cm³/mol. The molecule has 0 N–H and O–H groups in total. The summed E-state index contributed by atoms with van der Waals surface area (Å²) in [6, 6.07) is 0.625. The maximum Gasteiger partial charge on any atom is 0.500 e. The number of likely N-dealkylation sites (tertiary alicyclic amines) is 1. The Balaban J connectivity index is 1.59. The van der Waals surface area contributed by atoms with Gasteiger partial charge < -0.3 is 13.3 Å². The molecule has 25 heavy (non-hydrogen) atoms.